The van der Waals surface area contributed by atoms with E-state index in [-0.39, 0.29) is 11.8 Å². The van der Waals surface area contributed by atoms with Crippen molar-refractivity contribution in [2.75, 3.05) is 4.90 Å². The molecule has 31 heavy (non-hydrogen) atoms. The van der Waals surface area contributed by atoms with Crippen molar-refractivity contribution in [2.45, 2.75) is 25.6 Å². The number of halogens is 1. The summed E-state index contributed by atoms with van der Waals surface area (Å²) >= 11 is 1.54. The molecule has 2 amide bonds. The minimum Gasteiger partial charge on any atom is -0.350 e. The highest BCUT2D eigenvalue weighted by Gasteiger charge is 2.48. The maximum atomic E-state index is 13.6. The summed E-state index contributed by atoms with van der Waals surface area (Å²) in [5.41, 5.74) is 0.795. The lowest BCUT2D eigenvalue weighted by Gasteiger charge is -2.44. The Morgan fingerprint density at radius 2 is 1.87 bits per heavy atom. The summed E-state index contributed by atoms with van der Waals surface area (Å²) < 4.78 is 15.5. The molecule has 0 fully saturated rings. The average molecular weight is 434 g/mol. The van der Waals surface area contributed by atoms with Gasteiger partial charge in [-0.15, -0.1) is 11.3 Å². The zero-order valence-corrected chi connectivity index (χ0v) is 17.7. The van der Waals surface area contributed by atoms with Gasteiger partial charge in [-0.2, -0.15) is 0 Å². The number of aromatic nitrogens is 1. The molecule has 5 rings (SSSR count). The number of hydrogen-bond acceptors (Lipinski definition) is 3. The van der Waals surface area contributed by atoms with Crippen LogP contribution in [-0.2, 0) is 17.9 Å². The van der Waals surface area contributed by atoms with E-state index < -0.39 is 11.4 Å². The second-order valence-corrected chi connectivity index (χ2v) is 8.75. The number of anilines is 1. The van der Waals surface area contributed by atoms with Crippen LogP contribution >= 0.6 is 11.3 Å². The average Bonchev–Trinajstić information content (AvgIpc) is 3.36. The topological polar surface area (TPSA) is 54.3 Å². The molecule has 4 aromatic rings. The van der Waals surface area contributed by atoms with Crippen LogP contribution in [0, 0.1) is 5.82 Å². The zero-order valence-electron chi connectivity index (χ0n) is 16.8. The first-order valence-electron chi connectivity index (χ1n) is 9.96. The Balaban J connectivity index is 1.57. The third kappa shape index (κ3) is 3.21. The highest BCUT2D eigenvalue weighted by Crippen LogP contribution is 2.37. The molecule has 2 aromatic carbocycles. The number of carbonyl (C=O) groups excluding carboxylic acids is 2. The van der Waals surface area contributed by atoms with Crippen LogP contribution in [0.1, 0.15) is 23.0 Å². The fraction of sp³-hybridized carbons (Fsp3) is 0.167. The second kappa shape index (κ2) is 7.35. The maximum Gasteiger partial charge on any atom is 0.275 e. The van der Waals surface area contributed by atoms with Crippen LogP contribution in [0.5, 0.6) is 0 Å². The first kappa shape index (κ1) is 19.5. The second-order valence-electron chi connectivity index (χ2n) is 7.86. The summed E-state index contributed by atoms with van der Waals surface area (Å²) in [7, 11) is 0. The standard InChI is InChI=1S/C24H20FN3O2S/c1-24(23(30)26-14-16-5-3-2-4-6-16)15-27-20(13-17-11-12-31-22(17)27)21(29)28(24)19-9-7-18(25)8-10-19/h2-13H,14-15H2,1H3,(H,26,30)/t24-/m0/s1. The molecule has 0 spiro atoms. The molecule has 1 atom stereocenters. The molecule has 7 heteroatoms. The Labute approximate surface area is 182 Å². The van der Waals surface area contributed by atoms with Crippen LogP contribution in [-0.4, -0.2) is 21.9 Å². The quantitative estimate of drug-likeness (QED) is 0.512. The fourth-order valence-corrected chi connectivity index (χ4v) is 5.06. The van der Waals surface area contributed by atoms with Crippen molar-refractivity contribution < 1.29 is 14.0 Å². The first-order chi connectivity index (χ1) is 15.0. The summed E-state index contributed by atoms with van der Waals surface area (Å²) in [5, 5.41) is 5.94. The monoisotopic (exact) mass is 433 g/mol. The Morgan fingerprint density at radius 3 is 2.61 bits per heavy atom. The molecule has 0 bridgehead atoms. The van der Waals surface area contributed by atoms with Crippen molar-refractivity contribution >= 4 is 39.1 Å². The van der Waals surface area contributed by atoms with Gasteiger partial charge in [-0.05, 0) is 54.3 Å². The van der Waals surface area contributed by atoms with Crippen molar-refractivity contribution in [2.24, 2.45) is 0 Å². The predicted molar refractivity (Wildman–Crippen MR) is 120 cm³/mol. The smallest absolute Gasteiger partial charge is 0.275 e. The number of nitrogens with zero attached hydrogens (tertiary/aromatic N) is 2. The van der Waals surface area contributed by atoms with Gasteiger partial charge in [0.1, 0.15) is 21.9 Å². The van der Waals surface area contributed by atoms with Crippen molar-refractivity contribution in [1.29, 1.82) is 0 Å². The van der Waals surface area contributed by atoms with E-state index in [9.17, 15) is 14.0 Å². The van der Waals surface area contributed by atoms with E-state index in [0.717, 1.165) is 15.8 Å². The van der Waals surface area contributed by atoms with Gasteiger partial charge in [0.25, 0.3) is 5.91 Å². The predicted octanol–water partition coefficient (Wildman–Crippen LogP) is 4.58. The first-order valence-corrected chi connectivity index (χ1v) is 10.8. The molecule has 1 aliphatic heterocycles. The van der Waals surface area contributed by atoms with Crippen LogP contribution in [0.4, 0.5) is 10.1 Å². The number of rotatable bonds is 4. The van der Waals surface area contributed by atoms with E-state index in [0.29, 0.717) is 24.5 Å². The van der Waals surface area contributed by atoms with E-state index in [4.69, 9.17) is 0 Å². The van der Waals surface area contributed by atoms with Gasteiger partial charge < -0.3 is 9.88 Å². The van der Waals surface area contributed by atoms with Crippen LogP contribution < -0.4 is 10.2 Å². The van der Waals surface area contributed by atoms with Crippen molar-refractivity contribution in [3.05, 3.63) is 89.2 Å². The number of nitrogens with one attached hydrogen (secondary N) is 1. The molecule has 0 saturated carbocycles. The van der Waals surface area contributed by atoms with E-state index in [1.165, 1.54) is 29.2 Å². The van der Waals surface area contributed by atoms with Gasteiger partial charge in [0, 0.05) is 17.6 Å². The number of carbonyl (C=O) groups is 2. The Morgan fingerprint density at radius 1 is 1.13 bits per heavy atom. The largest absolute Gasteiger partial charge is 0.350 e. The molecule has 0 aliphatic carbocycles. The van der Waals surface area contributed by atoms with E-state index in [1.54, 1.807) is 18.3 Å². The third-order valence-electron chi connectivity index (χ3n) is 5.75. The number of fused-ring (bicyclic) bond motifs is 3. The number of hydrogen-bond donors (Lipinski definition) is 1. The summed E-state index contributed by atoms with van der Waals surface area (Å²) in [4.78, 5) is 29.6. The van der Waals surface area contributed by atoms with Crippen LogP contribution in [0.15, 0.2) is 72.1 Å². The highest BCUT2D eigenvalue weighted by molar-refractivity contribution is 7.16. The molecule has 5 nitrogen and oxygen atoms in total. The number of benzene rings is 2. The Hall–Kier alpha value is -3.45. The van der Waals surface area contributed by atoms with Crippen LogP contribution in [0.25, 0.3) is 10.2 Å². The molecule has 0 unspecified atom stereocenters. The lowest BCUT2D eigenvalue weighted by atomic mass is 9.93. The molecular formula is C24H20FN3O2S. The SMILES string of the molecule is C[C@@]1(C(=O)NCc2ccccc2)Cn2c(cc3ccsc32)C(=O)N1c1ccc(F)cc1. The summed E-state index contributed by atoms with van der Waals surface area (Å²) in [6.45, 7) is 2.42. The van der Waals surface area contributed by atoms with E-state index >= 15 is 0 Å². The number of thiophene rings is 1. The maximum absolute atomic E-state index is 13.6. The van der Waals surface area contributed by atoms with Crippen molar-refractivity contribution in [3.8, 4) is 0 Å². The molecule has 2 aromatic heterocycles. The molecule has 1 aliphatic rings. The molecule has 0 radical (unpaired) electrons. The molecular weight excluding hydrogens is 413 g/mol. The minimum atomic E-state index is -1.19. The van der Waals surface area contributed by atoms with Crippen LogP contribution in [0.2, 0.25) is 0 Å². The Kier molecular flexibility index (Phi) is 4.63. The van der Waals surface area contributed by atoms with Gasteiger partial charge in [-0.1, -0.05) is 30.3 Å². The summed E-state index contributed by atoms with van der Waals surface area (Å²) in [5.74, 6) is -0.941. The highest BCUT2D eigenvalue weighted by atomic mass is 32.1. The van der Waals surface area contributed by atoms with Gasteiger partial charge >= 0.3 is 0 Å². The Bertz CT molecular complexity index is 1280. The zero-order chi connectivity index (χ0) is 21.6. The van der Waals surface area contributed by atoms with Gasteiger partial charge in [-0.3, -0.25) is 14.5 Å². The van der Waals surface area contributed by atoms with Gasteiger partial charge in [0.2, 0.25) is 5.91 Å². The summed E-state index contributed by atoms with van der Waals surface area (Å²) in [6.07, 6.45) is 0. The van der Waals surface area contributed by atoms with E-state index in [2.05, 4.69) is 5.32 Å². The molecule has 0 saturated heterocycles. The lowest BCUT2D eigenvalue weighted by Crippen LogP contribution is -2.64. The summed E-state index contributed by atoms with van der Waals surface area (Å²) in [6, 6.07) is 19.1. The van der Waals surface area contributed by atoms with E-state index in [1.807, 2.05) is 52.4 Å². The van der Waals surface area contributed by atoms with Crippen LogP contribution in [0.3, 0.4) is 0 Å². The molecule has 3 heterocycles. The lowest BCUT2D eigenvalue weighted by molar-refractivity contribution is -0.126. The normalized spacial score (nSPS) is 18.3. The molecule has 156 valence electrons. The number of amides is 2. The van der Waals surface area contributed by atoms with Crippen molar-refractivity contribution in [3.63, 3.8) is 0 Å². The van der Waals surface area contributed by atoms with Gasteiger partial charge in [-0.25, -0.2) is 4.39 Å². The minimum absolute atomic E-state index is 0.266. The fourth-order valence-electron chi connectivity index (χ4n) is 4.16. The van der Waals surface area contributed by atoms with Crippen molar-refractivity contribution in [1.82, 2.24) is 9.88 Å². The molecule has 1 N–H and O–H groups in total. The van der Waals surface area contributed by atoms with Gasteiger partial charge in [0.05, 0.1) is 6.54 Å². The van der Waals surface area contributed by atoms with Gasteiger partial charge in [0.15, 0.2) is 0 Å². The third-order valence-corrected chi connectivity index (χ3v) is 6.71.